The first-order chi connectivity index (χ1) is 15.7. The zero-order valence-corrected chi connectivity index (χ0v) is 19.8. The normalized spacial score (nSPS) is 11.5. The molecule has 2 aromatic carbocycles. The number of nitrogens with zero attached hydrogens (tertiary/aromatic N) is 1. The summed E-state index contributed by atoms with van der Waals surface area (Å²) in [4.78, 5) is 32.9. The van der Waals surface area contributed by atoms with Crippen LogP contribution in [0.25, 0.3) is 10.2 Å². The Bertz CT molecular complexity index is 1400. The molecule has 1 aromatic heterocycles. The van der Waals surface area contributed by atoms with Gasteiger partial charge in [0.1, 0.15) is 0 Å². The number of carbonyl (C=O) groups excluding carboxylic acids is 1. The highest BCUT2D eigenvalue weighted by atomic mass is 35.5. The Labute approximate surface area is 199 Å². The second-order valence-corrected chi connectivity index (χ2v) is 9.63. The number of carbonyl (C=O) groups is 2. The fourth-order valence-corrected chi connectivity index (χ4v) is 4.72. The Kier molecular flexibility index (Phi) is 8.34. The smallest absolute Gasteiger partial charge is 0.475 e. The van der Waals surface area contributed by atoms with Gasteiger partial charge in [0.15, 0.2) is 0 Å². The van der Waals surface area contributed by atoms with Gasteiger partial charge in [0.05, 0.1) is 20.7 Å². The molecule has 0 spiro atoms. The van der Waals surface area contributed by atoms with E-state index >= 15 is 0 Å². The van der Waals surface area contributed by atoms with Crippen molar-refractivity contribution in [3.05, 3.63) is 56.7 Å². The van der Waals surface area contributed by atoms with Crippen molar-refractivity contribution in [1.82, 2.24) is 9.29 Å². The SMILES string of the molecule is CCNc1ccc(Cl)cc1C(=O)NS(=O)(=O)c1ccc2c(c1)sc(=O)n2C.O=C(O)C(F)(F)F. The van der Waals surface area contributed by atoms with Gasteiger partial charge in [0.25, 0.3) is 15.9 Å². The zero-order valence-electron chi connectivity index (χ0n) is 17.4. The average Bonchev–Trinajstić information content (AvgIpc) is 3.02. The molecule has 0 radical (unpaired) electrons. The highest BCUT2D eigenvalue weighted by molar-refractivity contribution is 7.90. The summed E-state index contributed by atoms with van der Waals surface area (Å²) in [6.07, 6.45) is -5.08. The van der Waals surface area contributed by atoms with Gasteiger partial charge >= 0.3 is 17.0 Å². The van der Waals surface area contributed by atoms with E-state index in [1.165, 1.54) is 28.8 Å². The molecule has 1 amide bonds. The molecule has 0 saturated carbocycles. The minimum Gasteiger partial charge on any atom is -0.475 e. The lowest BCUT2D eigenvalue weighted by atomic mass is 10.1. The van der Waals surface area contributed by atoms with Gasteiger partial charge in [0.2, 0.25) is 0 Å². The lowest BCUT2D eigenvalue weighted by molar-refractivity contribution is -0.192. The molecule has 0 fully saturated rings. The molecule has 0 aliphatic heterocycles. The summed E-state index contributed by atoms with van der Waals surface area (Å²) < 4.78 is 61.0. The zero-order chi connectivity index (χ0) is 25.8. The fraction of sp³-hybridized carbons (Fsp3) is 0.211. The third kappa shape index (κ3) is 6.48. The van der Waals surface area contributed by atoms with Crippen molar-refractivity contribution in [3.8, 4) is 0 Å². The molecule has 0 bridgehead atoms. The van der Waals surface area contributed by atoms with Crippen LogP contribution in [0.4, 0.5) is 18.9 Å². The fourth-order valence-electron chi connectivity index (χ4n) is 2.57. The molecule has 3 aromatic rings. The van der Waals surface area contributed by atoms with Crippen LogP contribution in [0, 0.1) is 0 Å². The van der Waals surface area contributed by atoms with Crippen molar-refractivity contribution in [1.29, 1.82) is 0 Å². The summed E-state index contributed by atoms with van der Waals surface area (Å²) in [5.41, 5.74) is 1.23. The number of rotatable bonds is 5. The first-order valence-electron chi connectivity index (χ1n) is 9.17. The van der Waals surface area contributed by atoms with Crippen LogP contribution >= 0.6 is 22.9 Å². The quantitative estimate of drug-likeness (QED) is 0.452. The largest absolute Gasteiger partial charge is 0.490 e. The predicted octanol–water partition coefficient (Wildman–Crippen LogP) is 3.44. The maximum Gasteiger partial charge on any atom is 0.490 e. The lowest BCUT2D eigenvalue weighted by Gasteiger charge is -2.12. The number of aryl methyl sites for hydroxylation is 1. The summed E-state index contributed by atoms with van der Waals surface area (Å²) in [7, 11) is -2.51. The van der Waals surface area contributed by atoms with Gasteiger partial charge in [-0.3, -0.25) is 9.59 Å². The van der Waals surface area contributed by atoms with E-state index in [2.05, 4.69) is 10.0 Å². The number of aromatic nitrogens is 1. The van der Waals surface area contributed by atoms with Crippen LogP contribution in [0.15, 0.2) is 46.1 Å². The Morgan fingerprint density at radius 3 is 2.35 bits per heavy atom. The van der Waals surface area contributed by atoms with Crippen molar-refractivity contribution >= 4 is 60.7 Å². The second kappa shape index (κ2) is 10.4. The molecule has 1 heterocycles. The van der Waals surface area contributed by atoms with E-state index in [0.29, 0.717) is 27.5 Å². The molecule has 0 saturated heterocycles. The Balaban J connectivity index is 0.000000509. The summed E-state index contributed by atoms with van der Waals surface area (Å²) in [6, 6.07) is 8.89. The van der Waals surface area contributed by atoms with Crippen molar-refractivity contribution in [3.63, 3.8) is 0 Å². The van der Waals surface area contributed by atoms with E-state index in [4.69, 9.17) is 21.5 Å². The van der Waals surface area contributed by atoms with Gasteiger partial charge in [-0.25, -0.2) is 17.9 Å². The molecule has 0 atom stereocenters. The van der Waals surface area contributed by atoms with Crippen LogP contribution < -0.4 is 14.9 Å². The number of sulfonamides is 1. The van der Waals surface area contributed by atoms with Gasteiger partial charge in [-0.2, -0.15) is 13.2 Å². The number of anilines is 1. The number of fused-ring (bicyclic) bond motifs is 1. The number of hydrogen-bond acceptors (Lipinski definition) is 7. The molecule has 34 heavy (non-hydrogen) atoms. The van der Waals surface area contributed by atoms with Crippen LogP contribution in [-0.4, -0.2) is 42.7 Å². The molecular weight excluding hydrogens is 523 g/mol. The van der Waals surface area contributed by atoms with Crippen LogP contribution in [0.2, 0.25) is 5.02 Å². The Morgan fingerprint density at radius 1 is 1.18 bits per heavy atom. The maximum absolute atomic E-state index is 12.6. The minimum absolute atomic E-state index is 0.0998. The number of benzene rings is 2. The number of hydrogen-bond donors (Lipinski definition) is 3. The summed E-state index contributed by atoms with van der Waals surface area (Å²) in [6.45, 7) is 2.41. The molecule has 9 nitrogen and oxygen atoms in total. The lowest BCUT2D eigenvalue weighted by Crippen LogP contribution is -2.31. The maximum atomic E-state index is 12.6. The molecule has 184 valence electrons. The van der Waals surface area contributed by atoms with Gasteiger partial charge in [0, 0.05) is 24.3 Å². The van der Waals surface area contributed by atoms with Gasteiger partial charge < -0.3 is 15.0 Å². The number of thiazole rings is 1. The van der Waals surface area contributed by atoms with E-state index in [0.717, 1.165) is 11.3 Å². The Morgan fingerprint density at radius 2 is 1.79 bits per heavy atom. The number of aliphatic carboxylic acids is 1. The highest BCUT2D eigenvalue weighted by Crippen LogP contribution is 2.23. The molecule has 15 heteroatoms. The number of alkyl halides is 3. The number of halogens is 4. The van der Waals surface area contributed by atoms with Crippen molar-refractivity contribution in [2.24, 2.45) is 7.05 Å². The number of carboxylic acid groups (broad SMARTS) is 1. The predicted molar refractivity (Wildman–Crippen MR) is 121 cm³/mol. The monoisotopic (exact) mass is 539 g/mol. The molecule has 0 aliphatic carbocycles. The standard InChI is InChI=1S/C17H16ClN3O4S2.C2HF3O2/c1-3-19-13-6-4-10(18)8-12(13)16(22)20-27(24,25)11-5-7-14-15(9-11)26-17(23)21(14)2;3-2(4,5)1(6)7/h4-9,19H,3H2,1-2H3,(H,20,22);(H,6,7). The van der Waals surface area contributed by atoms with Crippen LogP contribution in [0.1, 0.15) is 17.3 Å². The highest BCUT2D eigenvalue weighted by Gasteiger charge is 2.38. The van der Waals surface area contributed by atoms with Crippen molar-refractivity contribution in [2.45, 2.75) is 18.0 Å². The van der Waals surface area contributed by atoms with E-state index in [1.807, 2.05) is 6.92 Å². The first kappa shape index (κ1) is 27.1. The molecule has 0 unspecified atom stereocenters. The van der Waals surface area contributed by atoms with Crippen LogP contribution in [0.3, 0.4) is 0 Å². The Hall–Kier alpha value is -3.10. The van der Waals surface area contributed by atoms with Crippen LogP contribution in [-0.2, 0) is 21.9 Å². The molecule has 0 aliphatic rings. The third-order valence-corrected chi connectivity index (χ3v) is 6.70. The molecule has 3 N–H and O–H groups in total. The van der Waals surface area contributed by atoms with E-state index in [-0.39, 0.29) is 15.3 Å². The number of nitrogens with one attached hydrogen (secondary N) is 2. The first-order valence-corrected chi connectivity index (χ1v) is 11.9. The van der Waals surface area contributed by atoms with E-state index in [1.54, 1.807) is 19.2 Å². The number of amides is 1. The van der Waals surface area contributed by atoms with Crippen LogP contribution in [0.5, 0.6) is 0 Å². The minimum atomic E-state index is -5.08. The van der Waals surface area contributed by atoms with E-state index in [9.17, 15) is 31.2 Å². The molecule has 3 rings (SSSR count). The number of carboxylic acids is 1. The van der Waals surface area contributed by atoms with E-state index < -0.39 is 28.1 Å². The van der Waals surface area contributed by atoms with Crippen molar-refractivity contribution < 1.29 is 36.3 Å². The summed E-state index contributed by atoms with van der Waals surface area (Å²) in [5, 5.41) is 10.4. The average molecular weight is 540 g/mol. The molecular formula is C19H17ClF3N3O6S2. The third-order valence-electron chi connectivity index (χ3n) is 4.14. The van der Waals surface area contributed by atoms with Gasteiger partial charge in [-0.15, -0.1) is 0 Å². The topological polar surface area (TPSA) is 135 Å². The summed E-state index contributed by atoms with van der Waals surface area (Å²) in [5.74, 6) is -3.55. The second-order valence-electron chi connectivity index (χ2n) is 6.51. The summed E-state index contributed by atoms with van der Waals surface area (Å²) >= 11 is 6.88. The van der Waals surface area contributed by atoms with Gasteiger partial charge in [-0.1, -0.05) is 22.9 Å². The van der Waals surface area contributed by atoms with Gasteiger partial charge in [-0.05, 0) is 43.3 Å². The van der Waals surface area contributed by atoms with Crippen molar-refractivity contribution in [2.75, 3.05) is 11.9 Å².